The first-order valence-corrected chi connectivity index (χ1v) is 37.5. The lowest BCUT2D eigenvalue weighted by Crippen LogP contribution is -2.30. The fourth-order valence-electron chi connectivity index (χ4n) is 11.5. The van der Waals surface area contributed by atoms with E-state index in [1.807, 2.05) is 0 Å². The molecule has 0 aliphatic rings. The van der Waals surface area contributed by atoms with Crippen molar-refractivity contribution in [2.45, 2.75) is 425 Å². The third-order valence-corrected chi connectivity index (χ3v) is 17.1. The Labute approximate surface area is 518 Å². The SMILES string of the molecule is CCCCC/C=C\C/C=C\CCCCCCCCCC(=O)OCC(COC(=O)CCCCCCCCCCCCCCCCCCC/C=C\CCCCCCCCCC)OC(=O)CCCCCCCCCCCCCCCCCCCCC. The van der Waals surface area contributed by atoms with Crippen LogP contribution in [0.15, 0.2) is 36.5 Å². The first-order valence-electron chi connectivity index (χ1n) is 37.5. The van der Waals surface area contributed by atoms with Gasteiger partial charge in [-0.25, -0.2) is 0 Å². The summed E-state index contributed by atoms with van der Waals surface area (Å²) in [5.74, 6) is -0.843. The summed E-state index contributed by atoms with van der Waals surface area (Å²) in [5.41, 5.74) is 0. The predicted molar refractivity (Wildman–Crippen MR) is 362 cm³/mol. The molecule has 0 saturated carbocycles. The van der Waals surface area contributed by atoms with Gasteiger partial charge in [-0.3, -0.25) is 14.4 Å². The number of esters is 3. The molecule has 0 bridgehead atoms. The molecule has 0 spiro atoms. The fourth-order valence-corrected chi connectivity index (χ4v) is 11.5. The minimum absolute atomic E-state index is 0.0687. The van der Waals surface area contributed by atoms with E-state index in [4.69, 9.17) is 14.2 Å². The van der Waals surface area contributed by atoms with Crippen molar-refractivity contribution in [2.24, 2.45) is 0 Å². The van der Waals surface area contributed by atoms with E-state index in [0.29, 0.717) is 19.3 Å². The van der Waals surface area contributed by atoms with E-state index < -0.39 is 6.10 Å². The van der Waals surface area contributed by atoms with Crippen molar-refractivity contribution in [1.82, 2.24) is 0 Å². The van der Waals surface area contributed by atoms with Crippen molar-refractivity contribution < 1.29 is 28.6 Å². The maximum atomic E-state index is 13.0. The minimum atomic E-state index is -0.774. The summed E-state index contributed by atoms with van der Waals surface area (Å²) in [4.78, 5) is 38.5. The van der Waals surface area contributed by atoms with Gasteiger partial charge in [0.25, 0.3) is 0 Å². The maximum Gasteiger partial charge on any atom is 0.306 e. The van der Waals surface area contributed by atoms with E-state index >= 15 is 0 Å². The lowest BCUT2D eigenvalue weighted by molar-refractivity contribution is -0.167. The summed E-state index contributed by atoms with van der Waals surface area (Å²) < 4.78 is 17.0. The van der Waals surface area contributed by atoms with Crippen molar-refractivity contribution in [3.8, 4) is 0 Å². The number of rotatable bonds is 70. The van der Waals surface area contributed by atoms with Crippen molar-refractivity contribution >= 4 is 17.9 Å². The largest absolute Gasteiger partial charge is 0.462 e. The second-order valence-corrected chi connectivity index (χ2v) is 25.6. The molecule has 6 heteroatoms. The summed E-state index contributed by atoms with van der Waals surface area (Å²) >= 11 is 0. The van der Waals surface area contributed by atoms with Crippen LogP contribution in [0.3, 0.4) is 0 Å². The molecule has 83 heavy (non-hydrogen) atoms. The van der Waals surface area contributed by atoms with Gasteiger partial charge in [0, 0.05) is 19.3 Å². The standard InChI is InChI=1S/C77H144O6/c1-4-7-10-13-16-19-22-25-28-31-33-34-35-36-37-38-39-40-41-42-44-46-49-52-55-58-61-64-67-70-76(79)82-73-74(72-81-75(78)69-66-63-60-57-54-51-48-45-30-27-24-21-18-15-12-9-6-3)83-77(80)71-68-65-62-59-56-53-50-47-43-32-29-26-23-20-17-14-11-8-5-2/h18,21,27,30-31,33,74H,4-17,19-20,22-26,28-29,32,34-73H2,1-3H3/b21-18-,30-27-,33-31-. The van der Waals surface area contributed by atoms with Crippen LogP contribution < -0.4 is 0 Å². The van der Waals surface area contributed by atoms with E-state index in [-0.39, 0.29) is 31.1 Å². The zero-order valence-electron chi connectivity index (χ0n) is 56.2. The fraction of sp³-hybridized carbons (Fsp3) is 0.883. The zero-order chi connectivity index (χ0) is 59.9. The molecule has 0 aromatic rings. The van der Waals surface area contributed by atoms with Crippen LogP contribution in [0.5, 0.6) is 0 Å². The molecule has 0 aromatic carbocycles. The summed E-state index contributed by atoms with van der Waals surface area (Å²) in [6.45, 7) is 6.69. The molecule has 488 valence electrons. The molecule has 0 radical (unpaired) electrons. The quantitative estimate of drug-likeness (QED) is 0.0261. The highest BCUT2D eigenvalue weighted by Crippen LogP contribution is 2.19. The van der Waals surface area contributed by atoms with Gasteiger partial charge in [-0.2, -0.15) is 0 Å². The average Bonchev–Trinajstić information content (AvgIpc) is 3.50. The van der Waals surface area contributed by atoms with Gasteiger partial charge >= 0.3 is 17.9 Å². The Balaban J connectivity index is 4.23. The van der Waals surface area contributed by atoms with Gasteiger partial charge in [-0.05, 0) is 77.0 Å². The van der Waals surface area contributed by atoms with Gasteiger partial charge in [0.1, 0.15) is 13.2 Å². The lowest BCUT2D eigenvalue weighted by Gasteiger charge is -2.18. The third-order valence-electron chi connectivity index (χ3n) is 17.1. The summed E-state index contributed by atoms with van der Waals surface area (Å²) in [6, 6.07) is 0. The van der Waals surface area contributed by atoms with Crippen LogP contribution >= 0.6 is 0 Å². The number of carbonyl (C=O) groups excluding carboxylic acids is 3. The molecule has 0 fully saturated rings. The van der Waals surface area contributed by atoms with E-state index in [0.717, 1.165) is 70.6 Å². The van der Waals surface area contributed by atoms with Crippen molar-refractivity contribution in [2.75, 3.05) is 13.2 Å². The van der Waals surface area contributed by atoms with E-state index in [1.54, 1.807) is 0 Å². The molecule has 6 nitrogen and oxygen atoms in total. The van der Waals surface area contributed by atoms with Crippen LogP contribution in [0.4, 0.5) is 0 Å². The van der Waals surface area contributed by atoms with Crippen LogP contribution in [-0.4, -0.2) is 37.2 Å². The molecule has 0 N–H and O–H groups in total. The summed E-state index contributed by atoms with van der Waals surface area (Å²) in [5, 5.41) is 0. The molecule has 1 atom stereocenters. The number of allylic oxidation sites excluding steroid dienone is 6. The highest BCUT2D eigenvalue weighted by Gasteiger charge is 2.20. The number of hydrogen-bond donors (Lipinski definition) is 0. The van der Waals surface area contributed by atoms with Gasteiger partial charge < -0.3 is 14.2 Å². The summed E-state index contributed by atoms with van der Waals surface area (Å²) in [6.07, 6.45) is 90.4. The molecular weight excluding hydrogens is 1020 g/mol. The Morgan fingerprint density at radius 2 is 0.434 bits per heavy atom. The third kappa shape index (κ3) is 70.3. The van der Waals surface area contributed by atoms with Crippen LogP contribution in [0.2, 0.25) is 0 Å². The first-order chi connectivity index (χ1) is 41.0. The Bertz CT molecular complexity index is 1380. The van der Waals surface area contributed by atoms with Crippen LogP contribution in [0.25, 0.3) is 0 Å². The molecule has 0 aliphatic carbocycles. The van der Waals surface area contributed by atoms with Gasteiger partial charge in [0.2, 0.25) is 0 Å². The molecule has 1 unspecified atom stereocenters. The average molecular weight is 1170 g/mol. The number of hydrogen-bond acceptors (Lipinski definition) is 6. The molecule has 0 aromatic heterocycles. The van der Waals surface area contributed by atoms with E-state index in [1.165, 1.54) is 308 Å². The Kier molecular flexibility index (Phi) is 70.0. The van der Waals surface area contributed by atoms with Crippen molar-refractivity contribution in [1.29, 1.82) is 0 Å². The number of carbonyl (C=O) groups is 3. The topological polar surface area (TPSA) is 78.9 Å². The molecule has 0 saturated heterocycles. The maximum absolute atomic E-state index is 13.0. The lowest BCUT2D eigenvalue weighted by atomic mass is 10.0. The second kappa shape index (κ2) is 72.1. The van der Waals surface area contributed by atoms with Crippen LogP contribution in [0, 0.1) is 0 Å². The first kappa shape index (κ1) is 80.6. The Morgan fingerprint density at radius 3 is 0.699 bits per heavy atom. The van der Waals surface area contributed by atoms with Gasteiger partial charge in [-0.1, -0.05) is 359 Å². The monoisotopic (exact) mass is 1170 g/mol. The molecular formula is C77H144O6. The zero-order valence-corrected chi connectivity index (χ0v) is 56.2. The van der Waals surface area contributed by atoms with Gasteiger partial charge in [0.15, 0.2) is 6.10 Å². The summed E-state index contributed by atoms with van der Waals surface area (Å²) in [7, 11) is 0. The smallest absolute Gasteiger partial charge is 0.306 e. The highest BCUT2D eigenvalue weighted by atomic mass is 16.6. The molecule has 0 rings (SSSR count). The normalized spacial score (nSPS) is 12.2. The second-order valence-electron chi connectivity index (χ2n) is 25.6. The van der Waals surface area contributed by atoms with Crippen molar-refractivity contribution in [3.05, 3.63) is 36.5 Å². The van der Waals surface area contributed by atoms with Crippen LogP contribution in [0.1, 0.15) is 419 Å². The number of ether oxygens (including phenoxy) is 3. The van der Waals surface area contributed by atoms with Crippen LogP contribution in [-0.2, 0) is 28.6 Å². The van der Waals surface area contributed by atoms with Crippen molar-refractivity contribution in [3.63, 3.8) is 0 Å². The molecule has 0 amide bonds. The predicted octanol–water partition coefficient (Wildman–Crippen LogP) is 25.9. The number of unbranched alkanes of at least 4 members (excludes halogenated alkanes) is 53. The van der Waals surface area contributed by atoms with Gasteiger partial charge in [-0.15, -0.1) is 0 Å². The van der Waals surface area contributed by atoms with E-state index in [2.05, 4.69) is 57.2 Å². The van der Waals surface area contributed by atoms with E-state index in [9.17, 15) is 14.4 Å². The Hall–Kier alpha value is -2.37. The minimum Gasteiger partial charge on any atom is -0.462 e. The highest BCUT2D eigenvalue weighted by molar-refractivity contribution is 5.71. The Morgan fingerprint density at radius 1 is 0.241 bits per heavy atom. The van der Waals surface area contributed by atoms with Gasteiger partial charge in [0.05, 0.1) is 0 Å². The molecule has 0 heterocycles. The molecule has 0 aliphatic heterocycles.